The van der Waals surface area contributed by atoms with Gasteiger partial charge in [0.05, 0.1) is 11.4 Å². The Kier molecular flexibility index (Phi) is 7.85. The second-order valence-corrected chi connectivity index (χ2v) is 13.8. The summed E-state index contributed by atoms with van der Waals surface area (Å²) in [6, 6.07) is 78.8. The summed E-state index contributed by atoms with van der Waals surface area (Å²) in [5.74, 6) is 0. The molecule has 0 fully saturated rings. The van der Waals surface area contributed by atoms with Crippen LogP contribution >= 0.6 is 0 Å². The molecule has 254 valence electrons. The minimum Gasteiger partial charge on any atom is -0.310 e. The molecule has 0 amide bonds. The van der Waals surface area contributed by atoms with Gasteiger partial charge in [-0.2, -0.15) is 0 Å². The molecular weight excluding hydrogens is 653 g/mol. The second-order valence-electron chi connectivity index (χ2n) is 13.8. The smallest absolute Gasteiger partial charge is 0.0546 e. The Morgan fingerprint density at radius 3 is 1.39 bits per heavy atom. The van der Waals surface area contributed by atoms with Gasteiger partial charge < -0.3 is 9.80 Å². The minimum absolute atomic E-state index is 1.10. The number of rotatable bonds is 7. The van der Waals surface area contributed by atoms with Crippen molar-refractivity contribution in [1.82, 2.24) is 0 Å². The highest BCUT2D eigenvalue weighted by Gasteiger charge is 2.25. The first-order chi connectivity index (χ1) is 26.8. The van der Waals surface area contributed by atoms with Crippen LogP contribution in [-0.4, -0.2) is 0 Å². The standard InChI is InChI=1S/C52H36N2/c1-3-13-37(14-4-1)42-19-9-21-46(35-42)53(47-22-10-20-43(36-47)38-15-5-2-6-16-38)44-31-27-39(28-32-44)40-29-33-45(34-30-40)54-50-25-8-7-23-48(50)49-24-11-17-41-18-12-26-51(54)52(41)49/h1-36H. The molecule has 0 spiro atoms. The monoisotopic (exact) mass is 688 g/mol. The number of hydrogen-bond donors (Lipinski definition) is 0. The van der Waals surface area contributed by atoms with E-state index < -0.39 is 0 Å². The predicted octanol–water partition coefficient (Wildman–Crippen LogP) is 14.8. The fourth-order valence-corrected chi connectivity index (χ4v) is 8.00. The van der Waals surface area contributed by atoms with Gasteiger partial charge >= 0.3 is 0 Å². The highest BCUT2D eigenvalue weighted by molar-refractivity contribution is 6.13. The third-order valence-electron chi connectivity index (χ3n) is 10.6. The summed E-state index contributed by atoms with van der Waals surface area (Å²) in [6.45, 7) is 0. The first-order valence-electron chi connectivity index (χ1n) is 18.5. The van der Waals surface area contributed by atoms with Gasteiger partial charge in [0.15, 0.2) is 0 Å². The van der Waals surface area contributed by atoms with Crippen molar-refractivity contribution >= 4 is 44.9 Å². The first-order valence-corrected chi connectivity index (χ1v) is 18.5. The lowest BCUT2D eigenvalue weighted by molar-refractivity contribution is 1.28. The molecule has 0 aromatic heterocycles. The van der Waals surface area contributed by atoms with Crippen LogP contribution in [0.3, 0.4) is 0 Å². The zero-order valence-corrected chi connectivity index (χ0v) is 29.7. The molecule has 0 N–H and O–H groups in total. The summed E-state index contributed by atoms with van der Waals surface area (Å²) >= 11 is 0. The summed E-state index contributed by atoms with van der Waals surface area (Å²) in [6.07, 6.45) is 0. The van der Waals surface area contributed by atoms with E-state index in [-0.39, 0.29) is 0 Å². The topological polar surface area (TPSA) is 6.48 Å². The fraction of sp³-hybridized carbons (Fsp3) is 0. The molecule has 0 radical (unpaired) electrons. The van der Waals surface area contributed by atoms with Gasteiger partial charge in [-0.1, -0.05) is 158 Å². The van der Waals surface area contributed by atoms with Gasteiger partial charge in [0, 0.05) is 33.7 Å². The molecule has 0 saturated heterocycles. The van der Waals surface area contributed by atoms with E-state index in [1.54, 1.807) is 0 Å². The van der Waals surface area contributed by atoms with Gasteiger partial charge in [-0.15, -0.1) is 0 Å². The number of anilines is 6. The van der Waals surface area contributed by atoms with Crippen LogP contribution in [0.25, 0.3) is 55.3 Å². The first kappa shape index (κ1) is 31.6. The lowest BCUT2D eigenvalue weighted by Crippen LogP contribution is -2.14. The van der Waals surface area contributed by atoms with Gasteiger partial charge in [-0.3, -0.25) is 0 Å². The molecule has 9 aromatic carbocycles. The quantitative estimate of drug-likeness (QED) is 0.164. The third kappa shape index (κ3) is 5.62. The van der Waals surface area contributed by atoms with E-state index in [9.17, 15) is 0 Å². The van der Waals surface area contributed by atoms with E-state index in [2.05, 4.69) is 228 Å². The van der Waals surface area contributed by atoms with Gasteiger partial charge in [0.1, 0.15) is 0 Å². The molecule has 2 nitrogen and oxygen atoms in total. The number of nitrogens with zero attached hydrogens (tertiary/aromatic N) is 2. The van der Waals surface area contributed by atoms with Crippen molar-refractivity contribution in [1.29, 1.82) is 0 Å². The SMILES string of the molecule is c1ccc(-c2cccc(N(c3ccc(-c4ccc(N5c6ccccc6-c6cccc7cccc5c67)cc4)cc3)c3cccc(-c4ccccc4)c3)c2)cc1. The number of benzene rings is 9. The van der Waals surface area contributed by atoms with E-state index in [4.69, 9.17) is 0 Å². The Morgan fingerprint density at radius 2 is 0.759 bits per heavy atom. The molecule has 0 aliphatic carbocycles. The zero-order valence-electron chi connectivity index (χ0n) is 29.7. The molecule has 0 atom stereocenters. The van der Waals surface area contributed by atoms with Crippen molar-refractivity contribution in [3.63, 3.8) is 0 Å². The average molecular weight is 689 g/mol. The summed E-state index contributed by atoms with van der Waals surface area (Å²) in [4.78, 5) is 4.76. The highest BCUT2D eigenvalue weighted by atomic mass is 15.2. The maximum Gasteiger partial charge on any atom is 0.0546 e. The van der Waals surface area contributed by atoms with Crippen LogP contribution < -0.4 is 9.80 Å². The largest absolute Gasteiger partial charge is 0.310 e. The van der Waals surface area contributed by atoms with Crippen molar-refractivity contribution in [3.8, 4) is 44.5 Å². The molecule has 2 heteroatoms. The van der Waals surface area contributed by atoms with Gasteiger partial charge in [0.2, 0.25) is 0 Å². The Labute approximate surface area is 316 Å². The summed E-state index contributed by atoms with van der Waals surface area (Å²) < 4.78 is 0. The minimum atomic E-state index is 1.10. The lowest BCUT2D eigenvalue weighted by Gasteiger charge is -2.33. The van der Waals surface area contributed by atoms with Crippen molar-refractivity contribution in [2.75, 3.05) is 9.80 Å². The van der Waals surface area contributed by atoms with Crippen molar-refractivity contribution < 1.29 is 0 Å². The summed E-state index contributed by atoms with van der Waals surface area (Å²) in [7, 11) is 0. The zero-order chi connectivity index (χ0) is 35.8. The molecule has 0 unspecified atom stereocenters. The van der Waals surface area contributed by atoms with Gasteiger partial charge in [0.25, 0.3) is 0 Å². The Bertz CT molecular complexity index is 2660. The van der Waals surface area contributed by atoms with Gasteiger partial charge in [-0.25, -0.2) is 0 Å². The van der Waals surface area contributed by atoms with E-state index >= 15 is 0 Å². The van der Waals surface area contributed by atoms with Gasteiger partial charge in [-0.05, 0) is 105 Å². The van der Waals surface area contributed by atoms with E-state index in [1.165, 1.54) is 66.7 Å². The number of hydrogen-bond acceptors (Lipinski definition) is 2. The Balaban J connectivity index is 1.02. The van der Waals surface area contributed by atoms with Crippen molar-refractivity contribution in [2.24, 2.45) is 0 Å². The van der Waals surface area contributed by atoms with Crippen LogP contribution in [0, 0.1) is 0 Å². The second kappa shape index (κ2) is 13.4. The summed E-state index contributed by atoms with van der Waals surface area (Å²) in [5.41, 5.74) is 16.6. The van der Waals surface area contributed by atoms with Crippen LogP contribution in [-0.2, 0) is 0 Å². The molecule has 9 aromatic rings. The van der Waals surface area contributed by atoms with Crippen LogP contribution in [0.1, 0.15) is 0 Å². The Hall–Kier alpha value is -7.16. The third-order valence-corrected chi connectivity index (χ3v) is 10.6. The van der Waals surface area contributed by atoms with Crippen molar-refractivity contribution in [2.45, 2.75) is 0 Å². The molecule has 10 rings (SSSR count). The molecule has 0 saturated carbocycles. The van der Waals surface area contributed by atoms with Crippen LogP contribution in [0.15, 0.2) is 218 Å². The molecule has 1 heterocycles. The Morgan fingerprint density at radius 1 is 0.296 bits per heavy atom. The molecule has 1 aliphatic heterocycles. The van der Waals surface area contributed by atoms with Crippen LogP contribution in [0.2, 0.25) is 0 Å². The van der Waals surface area contributed by atoms with E-state index in [1.807, 2.05) is 0 Å². The van der Waals surface area contributed by atoms with Crippen molar-refractivity contribution in [3.05, 3.63) is 218 Å². The normalized spacial score (nSPS) is 11.7. The molecular formula is C52H36N2. The number of fused-ring (bicyclic) bond motifs is 2. The van der Waals surface area contributed by atoms with E-state index in [0.717, 1.165) is 22.7 Å². The van der Waals surface area contributed by atoms with Crippen LogP contribution in [0.4, 0.5) is 34.1 Å². The molecule has 54 heavy (non-hydrogen) atoms. The fourth-order valence-electron chi connectivity index (χ4n) is 8.00. The van der Waals surface area contributed by atoms with Crippen LogP contribution in [0.5, 0.6) is 0 Å². The average Bonchev–Trinajstić information content (AvgIpc) is 3.25. The maximum atomic E-state index is 2.41. The molecule has 1 aliphatic rings. The number of para-hydroxylation sites is 1. The lowest BCUT2D eigenvalue weighted by atomic mass is 9.91. The maximum absolute atomic E-state index is 2.41. The predicted molar refractivity (Wildman–Crippen MR) is 229 cm³/mol. The summed E-state index contributed by atoms with van der Waals surface area (Å²) in [5, 5.41) is 2.56. The molecule has 0 bridgehead atoms. The highest BCUT2D eigenvalue weighted by Crippen LogP contribution is 2.50. The van der Waals surface area contributed by atoms with E-state index in [0.29, 0.717) is 0 Å².